The van der Waals surface area contributed by atoms with Crippen molar-refractivity contribution in [1.29, 1.82) is 0 Å². The fraction of sp³-hybridized carbons (Fsp3) is 0.120. The molecule has 0 fully saturated rings. The number of hydrogen-bond donors (Lipinski definition) is 1. The summed E-state index contributed by atoms with van der Waals surface area (Å²) in [6, 6.07) is 19.8. The first-order valence-electron chi connectivity index (χ1n) is 9.81. The number of ketones is 1. The summed E-state index contributed by atoms with van der Waals surface area (Å²) >= 11 is 1.47. The zero-order valence-electron chi connectivity index (χ0n) is 17.2. The average Bonchev–Trinajstić information content (AvgIpc) is 3.22. The van der Waals surface area contributed by atoms with Gasteiger partial charge in [0, 0.05) is 5.56 Å². The molecular weight excluding hydrogens is 410 g/mol. The van der Waals surface area contributed by atoms with E-state index in [4.69, 9.17) is 9.47 Å². The molecule has 0 saturated heterocycles. The number of rotatable bonds is 7. The summed E-state index contributed by atoms with van der Waals surface area (Å²) in [5.74, 6) is 0.951. The highest BCUT2D eigenvalue weighted by Gasteiger charge is 2.19. The number of phenolic OH excluding ortho intramolecular Hbond substituents is 1. The van der Waals surface area contributed by atoms with Crippen LogP contribution in [0.2, 0.25) is 0 Å². The molecule has 31 heavy (non-hydrogen) atoms. The van der Waals surface area contributed by atoms with Crippen molar-refractivity contribution in [3.05, 3.63) is 82.9 Å². The Kier molecular flexibility index (Phi) is 6.00. The molecule has 3 aromatic carbocycles. The number of ether oxygens (including phenoxy) is 2. The van der Waals surface area contributed by atoms with Gasteiger partial charge >= 0.3 is 0 Å². The van der Waals surface area contributed by atoms with Crippen LogP contribution in [-0.4, -0.2) is 29.6 Å². The number of benzene rings is 3. The molecule has 0 amide bonds. The minimum Gasteiger partial charge on any atom is -0.504 e. The van der Waals surface area contributed by atoms with E-state index in [1.807, 2.05) is 31.2 Å². The topological polar surface area (TPSA) is 68.7 Å². The van der Waals surface area contributed by atoms with E-state index in [-0.39, 0.29) is 11.5 Å². The van der Waals surface area contributed by atoms with E-state index < -0.39 is 0 Å². The third-order valence-corrected chi connectivity index (χ3v) is 5.78. The smallest absolute Gasteiger partial charge is 0.196 e. The predicted octanol–water partition coefficient (Wildman–Crippen LogP) is 5.83. The maximum Gasteiger partial charge on any atom is 0.196 e. The van der Waals surface area contributed by atoms with Crippen molar-refractivity contribution in [2.45, 2.75) is 6.92 Å². The van der Waals surface area contributed by atoms with E-state index in [1.165, 1.54) is 18.4 Å². The first-order chi connectivity index (χ1) is 15.1. The highest BCUT2D eigenvalue weighted by molar-refractivity contribution is 7.20. The molecule has 0 aliphatic heterocycles. The molecule has 0 atom stereocenters. The number of carbonyl (C=O) groups is 1. The zero-order valence-corrected chi connectivity index (χ0v) is 18.0. The number of fused-ring (bicyclic) bond motifs is 1. The van der Waals surface area contributed by atoms with Crippen LogP contribution in [0.3, 0.4) is 0 Å². The van der Waals surface area contributed by atoms with Crippen molar-refractivity contribution >= 4 is 39.0 Å². The summed E-state index contributed by atoms with van der Waals surface area (Å²) in [5, 5.41) is 10.5. The van der Waals surface area contributed by atoms with Gasteiger partial charge in [0.15, 0.2) is 17.3 Å². The Bertz CT molecular complexity index is 1230. The van der Waals surface area contributed by atoms with Crippen LogP contribution in [0.1, 0.15) is 27.9 Å². The number of aromatic hydroxyl groups is 1. The number of aromatic nitrogens is 1. The lowest BCUT2D eigenvalue weighted by Gasteiger charge is -2.08. The number of carbonyl (C=O) groups excluding carboxylic acids is 1. The molecule has 1 N–H and O–H groups in total. The second-order valence-corrected chi connectivity index (χ2v) is 7.79. The Morgan fingerprint density at radius 1 is 1.10 bits per heavy atom. The van der Waals surface area contributed by atoms with Gasteiger partial charge in [0.25, 0.3) is 0 Å². The van der Waals surface area contributed by atoms with Crippen molar-refractivity contribution < 1.29 is 19.4 Å². The van der Waals surface area contributed by atoms with E-state index in [0.29, 0.717) is 34.3 Å². The SMILES string of the molecule is CCOc1ccc(C(=O)C(=Cc2ccc(O)c(OC)c2)c2nc3ccccc3s2)cc1. The summed E-state index contributed by atoms with van der Waals surface area (Å²) in [5.41, 5.74) is 2.58. The summed E-state index contributed by atoms with van der Waals surface area (Å²) in [6.07, 6.45) is 1.78. The van der Waals surface area contributed by atoms with Gasteiger partial charge in [0.1, 0.15) is 10.8 Å². The monoisotopic (exact) mass is 431 g/mol. The molecule has 0 aliphatic carbocycles. The van der Waals surface area contributed by atoms with Gasteiger partial charge in [-0.2, -0.15) is 0 Å². The molecular formula is C25H21NO4S. The fourth-order valence-corrected chi connectivity index (χ4v) is 4.17. The zero-order chi connectivity index (χ0) is 21.8. The van der Waals surface area contributed by atoms with Crippen molar-refractivity contribution in [1.82, 2.24) is 4.98 Å². The molecule has 0 aliphatic rings. The minimum atomic E-state index is -0.144. The molecule has 1 aromatic heterocycles. The van der Waals surface area contributed by atoms with Crippen LogP contribution >= 0.6 is 11.3 Å². The molecule has 4 aromatic rings. The Hall–Kier alpha value is -3.64. The highest BCUT2D eigenvalue weighted by atomic mass is 32.1. The number of allylic oxidation sites excluding steroid dienone is 1. The largest absolute Gasteiger partial charge is 0.504 e. The van der Waals surface area contributed by atoms with Gasteiger partial charge in [-0.15, -0.1) is 11.3 Å². The summed E-state index contributed by atoms with van der Waals surface area (Å²) in [4.78, 5) is 18.2. The third kappa shape index (κ3) is 4.44. The lowest BCUT2D eigenvalue weighted by Crippen LogP contribution is -2.03. The van der Waals surface area contributed by atoms with Gasteiger partial charge in [0.2, 0.25) is 0 Å². The van der Waals surface area contributed by atoms with Crippen LogP contribution in [0.5, 0.6) is 17.2 Å². The molecule has 0 saturated carbocycles. The van der Waals surface area contributed by atoms with Crippen LogP contribution < -0.4 is 9.47 Å². The fourth-order valence-electron chi connectivity index (χ4n) is 3.19. The number of nitrogens with zero attached hydrogens (tertiary/aromatic N) is 1. The Balaban J connectivity index is 1.81. The van der Waals surface area contributed by atoms with Crippen molar-refractivity contribution in [2.75, 3.05) is 13.7 Å². The predicted molar refractivity (Wildman–Crippen MR) is 124 cm³/mol. The van der Waals surface area contributed by atoms with Gasteiger partial charge in [-0.3, -0.25) is 4.79 Å². The Morgan fingerprint density at radius 2 is 1.87 bits per heavy atom. The van der Waals surface area contributed by atoms with Crippen LogP contribution in [0, 0.1) is 0 Å². The van der Waals surface area contributed by atoms with Gasteiger partial charge < -0.3 is 14.6 Å². The molecule has 4 rings (SSSR count). The second kappa shape index (κ2) is 9.02. The van der Waals surface area contributed by atoms with Gasteiger partial charge in [-0.25, -0.2) is 4.98 Å². The first-order valence-corrected chi connectivity index (χ1v) is 10.6. The maximum absolute atomic E-state index is 13.5. The standard InChI is InChI=1S/C25H21NO4S/c1-3-30-18-11-9-17(10-12-18)24(28)19(14-16-8-13-21(27)22(15-16)29-2)25-26-20-6-4-5-7-23(20)31-25/h4-15,27H,3H2,1-2H3. The van der Waals surface area contributed by atoms with Crippen LogP contribution in [0.25, 0.3) is 21.9 Å². The number of Topliss-reactive ketones (excluding diaryl/α,β-unsaturated/α-hetero) is 1. The molecule has 5 nitrogen and oxygen atoms in total. The molecule has 6 heteroatoms. The maximum atomic E-state index is 13.5. The normalized spacial score (nSPS) is 11.5. The van der Waals surface area contributed by atoms with E-state index in [0.717, 1.165) is 15.8 Å². The summed E-state index contributed by atoms with van der Waals surface area (Å²) in [7, 11) is 1.49. The number of hydrogen-bond acceptors (Lipinski definition) is 6. The van der Waals surface area contributed by atoms with Crippen molar-refractivity contribution in [3.63, 3.8) is 0 Å². The number of para-hydroxylation sites is 1. The van der Waals surface area contributed by atoms with Crippen molar-refractivity contribution in [2.24, 2.45) is 0 Å². The van der Waals surface area contributed by atoms with Gasteiger partial charge in [0.05, 0.1) is 29.5 Å². The van der Waals surface area contributed by atoms with E-state index >= 15 is 0 Å². The average molecular weight is 432 g/mol. The number of thiazole rings is 1. The molecule has 0 spiro atoms. The molecule has 0 radical (unpaired) electrons. The lowest BCUT2D eigenvalue weighted by atomic mass is 10.0. The summed E-state index contributed by atoms with van der Waals surface area (Å²) < 4.78 is 11.7. The third-order valence-electron chi connectivity index (χ3n) is 4.71. The summed E-state index contributed by atoms with van der Waals surface area (Å²) in [6.45, 7) is 2.48. The highest BCUT2D eigenvalue weighted by Crippen LogP contribution is 2.33. The molecule has 1 heterocycles. The molecule has 0 bridgehead atoms. The first kappa shape index (κ1) is 20.6. The van der Waals surface area contributed by atoms with E-state index in [9.17, 15) is 9.90 Å². The van der Waals surface area contributed by atoms with E-state index in [1.54, 1.807) is 48.5 Å². The Labute approximate surface area is 184 Å². The molecule has 156 valence electrons. The van der Waals surface area contributed by atoms with E-state index in [2.05, 4.69) is 4.98 Å². The Morgan fingerprint density at radius 3 is 2.58 bits per heavy atom. The second-order valence-electron chi connectivity index (χ2n) is 6.76. The number of phenols is 1. The number of methoxy groups -OCH3 is 1. The minimum absolute atomic E-state index is 0.0408. The van der Waals surface area contributed by atoms with Crippen LogP contribution in [-0.2, 0) is 0 Å². The van der Waals surface area contributed by atoms with Crippen LogP contribution in [0.15, 0.2) is 66.7 Å². The molecule has 0 unspecified atom stereocenters. The van der Waals surface area contributed by atoms with Gasteiger partial charge in [-0.05, 0) is 67.1 Å². The quantitative estimate of drug-likeness (QED) is 0.294. The van der Waals surface area contributed by atoms with Gasteiger partial charge in [-0.1, -0.05) is 18.2 Å². The van der Waals surface area contributed by atoms with Crippen molar-refractivity contribution in [3.8, 4) is 17.2 Å². The van der Waals surface area contributed by atoms with Crippen LogP contribution in [0.4, 0.5) is 0 Å². The lowest BCUT2D eigenvalue weighted by molar-refractivity contribution is 0.105.